The Labute approximate surface area is 94.2 Å². The standard InChI is InChI=1S/C9H12O2.2C2H6/c1-3-11-9-7-5-4-6-8(9)10-2;2*1-2/h4-7H,3H2,1-2H3;2*1-2H3. The summed E-state index contributed by atoms with van der Waals surface area (Å²) in [4.78, 5) is 0. The minimum absolute atomic E-state index is 0.667. The highest BCUT2D eigenvalue weighted by atomic mass is 16.5. The maximum Gasteiger partial charge on any atom is 0.161 e. The molecule has 0 unspecified atom stereocenters. The average molecular weight is 212 g/mol. The molecule has 0 radical (unpaired) electrons. The first-order chi connectivity index (χ1) is 7.38. The van der Waals surface area contributed by atoms with Crippen molar-refractivity contribution in [3.63, 3.8) is 0 Å². The third kappa shape index (κ3) is 6.83. The molecule has 0 bridgehead atoms. The van der Waals surface area contributed by atoms with Crippen molar-refractivity contribution in [2.75, 3.05) is 13.7 Å². The summed E-state index contributed by atoms with van der Waals surface area (Å²) in [6, 6.07) is 7.61. The van der Waals surface area contributed by atoms with E-state index in [9.17, 15) is 0 Å². The number of para-hydroxylation sites is 2. The predicted molar refractivity (Wildman–Crippen MR) is 66.9 cm³/mol. The number of hydrogen-bond acceptors (Lipinski definition) is 2. The minimum atomic E-state index is 0.667. The molecule has 2 nitrogen and oxygen atoms in total. The second-order valence-corrected chi connectivity index (χ2v) is 2.08. The molecule has 15 heavy (non-hydrogen) atoms. The third-order valence-electron chi connectivity index (χ3n) is 1.37. The van der Waals surface area contributed by atoms with E-state index >= 15 is 0 Å². The van der Waals surface area contributed by atoms with Crippen molar-refractivity contribution in [3.05, 3.63) is 24.3 Å². The van der Waals surface area contributed by atoms with E-state index in [-0.39, 0.29) is 0 Å². The summed E-state index contributed by atoms with van der Waals surface area (Å²) in [5.74, 6) is 1.59. The summed E-state index contributed by atoms with van der Waals surface area (Å²) >= 11 is 0. The van der Waals surface area contributed by atoms with Gasteiger partial charge in [0.1, 0.15) is 0 Å². The average Bonchev–Trinajstić information content (AvgIpc) is 2.35. The largest absolute Gasteiger partial charge is 0.493 e. The van der Waals surface area contributed by atoms with E-state index in [0.29, 0.717) is 6.61 Å². The van der Waals surface area contributed by atoms with Crippen molar-refractivity contribution in [3.8, 4) is 11.5 Å². The zero-order valence-corrected chi connectivity index (χ0v) is 10.8. The van der Waals surface area contributed by atoms with Crippen LogP contribution in [-0.4, -0.2) is 13.7 Å². The van der Waals surface area contributed by atoms with Crippen LogP contribution in [0.3, 0.4) is 0 Å². The molecule has 0 fully saturated rings. The third-order valence-corrected chi connectivity index (χ3v) is 1.37. The lowest BCUT2D eigenvalue weighted by Gasteiger charge is -2.07. The highest BCUT2D eigenvalue weighted by Gasteiger charge is 1.99. The van der Waals surface area contributed by atoms with Gasteiger partial charge in [-0.05, 0) is 19.1 Å². The molecular weight excluding hydrogens is 188 g/mol. The lowest BCUT2D eigenvalue weighted by molar-refractivity contribution is 0.311. The molecule has 1 rings (SSSR count). The number of ether oxygens (including phenoxy) is 2. The summed E-state index contributed by atoms with van der Waals surface area (Å²) in [6.45, 7) is 10.6. The van der Waals surface area contributed by atoms with Crippen LogP contribution in [0.2, 0.25) is 0 Å². The van der Waals surface area contributed by atoms with Crippen LogP contribution in [0.4, 0.5) is 0 Å². The van der Waals surface area contributed by atoms with Gasteiger partial charge in [0.25, 0.3) is 0 Å². The molecule has 0 saturated heterocycles. The highest BCUT2D eigenvalue weighted by Crippen LogP contribution is 2.25. The molecule has 0 aliphatic rings. The first-order valence-electron chi connectivity index (χ1n) is 5.64. The summed E-state index contributed by atoms with van der Waals surface area (Å²) in [5, 5.41) is 0. The SMILES string of the molecule is CC.CC.CCOc1ccccc1OC. The second kappa shape index (κ2) is 12.8. The van der Waals surface area contributed by atoms with E-state index in [1.54, 1.807) is 7.11 Å². The van der Waals surface area contributed by atoms with Gasteiger partial charge < -0.3 is 9.47 Å². The fraction of sp³-hybridized carbons (Fsp3) is 0.538. The van der Waals surface area contributed by atoms with Crippen molar-refractivity contribution in [1.29, 1.82) is 0 Å². The van der Waals surface area contributed by atoms with Gasteiger partial charge in [-0.3, -0.25) is 0 Å². The summed E-state index contributed by atoms with van der Waals surface area (Å²) in [6.07, 6.45) is 0. The lowest BCUT2D eigenvalue weighted by Crippen LogP contribution is -1.94. The molecule has 0 aliphatic heterocycles. The molecule has 1 aromatic carbocycles. The van der Waals surface area contributed by atoms with E-state index in [1.165, 1.54) is 0 Å². The van der Waals surface area contributed by atoms with E-state index in [1.807, 2.05) is 58.9 Å². The Morgan fingerprint density at radius 2 is 1.40 bits per heavy atom. The molecule has 2 heteroatoms. The molecule has 0 aromatic heterocycles. The van der Waals surface area contributed by atoms with Gasteiger partial charge in [-0.15, -0.1) is 0 Å². The first-order valence-corrected chi connectivity index (χ1v) is 5.64. The van der Waals surface area contributed by atoms with Gasteiger partial charge in [0.05, 0.1) is 13.7 Å². The normalized spacial score (nSPS) is 7.60. The van der Waals surface area contributed by atoms with E-state index in [4.69, 9.17) is 9.47 Å². The zero-order chi connectivity index (χ0) is 12.1. The van der Waals surface area contributed by atoms with Gasteiger partial charge in [0.15, 0.2) is 11.5 Å². The molecule has 0 amide bonds. The first kappa shape index (κ1) is 16.3. The van der Waals surface area contributed by atoms with Crippen LogP contribution >= 0.6 is 0 Å². The minimum Gasteiger partial charge on any atom is -0.493 e. The van der Waals surface area contributed by atoms with Crippen molar-refractivity contribution in [1.82, 2.24) is 0 Å². The van der Waals surface area contributed by atoms with Gasteiger partial charge in [-0.25, -0.2) is 0 Å². The molecule has 0 spiro atoms. The molecule has 0 aliphatic carbocycles. The van der Waals surface area contributed by atoms with Gasteiger partial charge in [0.2, 0.25) is 0 Å². The smallest absolute Gasteiger partial charge is 0.161 e. The lowest BCUT2D eigenvalue weighted by atomic mass is 10.3. The summed E-state index contributed by atoms with van der Waals surface area (Å²) in [5.41, 5.74) is 0. The Morgan fingerprint density at radius 1 is 0.933 bits per heavy atom. The molecule has 1 aromatic rings. The van der Waals surface area contributed by atoms with Crippen molar-refractivity contribution in [2.45, 2.75) is 34.6 Å². The number of methoxy groups -OCH3 is 1. The fourth-order valence-corrected chi connectivity index (χ4v) is 0.894. The van der Waals surface area contributed by atoms with Gasteiger partial charge in [0, 0.05) is 0 Å². The van der Waals surface area contributed by atoms with Crippen LogP contribution in [0, 0.1) is 0 Å². The molecule has 0 atom stereocenters. The van der Waals surface area contributed by atoms with E-state index in [0.717, 1.165) is 11.5 Å². The topological polar surface area (TPSA) is 18.5 Å². The monoisotopic (exact) mass is 212 g/mol. The zero-order valence-electron chi connectivity index (χ0n) is 10.8. The summed E-state index contributed by atoms with van der Waals surface area (Å²) < 4.78 is 10.4. The maximum atomic E-state index is 5.30. The molecular formula is C13H24O2. The van der Waals surface area contributed by atoms with Crippen molar-refractivity contribution < 1.29 is 9.47 Å². The predicted octanol–water partition coefficient (Wildman–Crippen LogP) is 4.15. The second-order valence-electron chi connectivity index (χ2n) is 2.08. The highest BCUT2D eigenvalue weighted by molar-refractivity contribution is 5.39. The Hall–Kier alpha value is -1.18. The molecule has 0 N–H and O–H groups in total. The van der Waals surface area contributed by atoms with Crippen LogP contribution in [0.15, 0.2) is 24.3 Å². The quantitative estimate of drug-likeness (QED) is 0.749. The Kier molecular flexibility index (Phi) is 13.9. The van der Waals surface area contributed by atoms with Gasteiger partial charge in [-0.1, -0.05) is 39.8 Å². The van der Waals surface area contributed by atoms with Gasteiger partial charge in [-0.2, -0.15) is 0 Å². The van der Waals surface area contributed by atoms with Gasteiger partial charge >= 0.3 is 0 Å². The Bertz CT molecular complexity index is 222. The fourth-order valence-electron chi connectivity index (χ4n) is 0.894. The van der Waals surface area contributed by atoms with E-state index in [2.05, 4.69) is 0 Å². The maximum absolute atomic E-state index is 5.30. The Balaban J connectivity index is 0. The summed E-state index contributed by atoms with van der Waals surface area (Å²) in [7, 11) is 1.64. The Morgan fingerprint density at radius 3 is 1.80 bits per heavy atom. The number of benzene rings is 1. The molecule has 88 valence electrons. The van der Waals surface area contributed by atoms with Crippen molar-refractivity contribution in [2.24, 2.45) is 0 Å². The molecule has 0 saturated carbocycles. The van der Waals surface area contributed by atoms with Crippen LogP contribution in [0.25, 0.3) is 0 Å². The van der Waals surface area contributed by atoms with Crippen LogP contribution < -0.4 is 9.47 Å². The number of rotatable bonds is 3. The van der Waals surface area contributed by atoms with E-state index < -0.39 is 0 Å². The molecule has 0 heterocycles. The van der Waals surface area contributed by atoms with Crippen molar-refractivity contribution >= 4 is 0 Å². The number of hydrogen-bond donors (Lipinski definition) is 0. The van der Waals surface area contributed by atoms with Crippen LogP contribution in [-0.2, 0) is 0 Å². The van der Waals surface area contributed by atoms with Crippen LogP contribution in [0.5, 0.6) is 11.5 Å². The van der Waals surface area contributed by atoms with Crippen LogP contribution in [0.1, 0.15) is 34.6 Å².